The highest BCUT2D eigenvalue weighted by Gasteiger charge is 2.17. The average molecular weight is 408 g/mol. The van der Waals surface area contributed by atoms with E-state index in [1.54, 1.807) is 42.7 Å². The summed E-state index contributed by atoms with van der Waals surface area (Å²) in [6.45, 7) is 0. The second-order valence-electron chi connectivity index (χ2n) is 7.33. The molecular formula is C25H20N4O2. The normalized spacial score (nSPS) is 12.3. The summed E-state index contributed by atoms with van der Waals surface area (Å²) in [6, 6.07) is 18.7. The van der Waals surface area contributed by atoms with E-state index in [2.05, 4.69) is 26.3 Å². The monoisotopic (exact) mass is 408 g/mol. The van der Waals surface area contributed by atoms with Gasteiger partial charge in [-0.3, -0.25) is 4.79 Å². The van der Waals surface area contributed by atoms with Gasteiger partial charge in [0, 0.05) is 23.6 Å². The lowest BCUT2D eigenvalue weighted by Crippen LogP contribution is -2.13. The van der Waals surface area contributed by atoms with Gasteiger partial charge in [0.2, 0.25) is 5.88 Å². The molecule has 0 atom stereocenters. The molecule has 0 radical (unpaired) electrons. The van der Waals surface area contributed by atoms with Gasteiger partial charge in [0.25, 0.3) is 5.91 Å². The van der Waals surface area contributed by atoms with Crippen molar-refractivity contribution in [2.75, 3.05) is 5.32 Å². The highest BCUT2D eigenvalue weighted by molar-refractivity contribution is 6.05. The number of nitrogens with one attached hydrogen (secondary N) is 1. The molecule has 0 unspecified atom stereocenters. The quantitative estimate of drug-likeness (QED) is 0.499. The minimum absolute atomic E-state index is 0.164. The third kappa shape index (κ3) is 4.00. The molecular weight excluding hydrogens is 388 g/mol. The third-order valence-corrected chi connectivity index (χ3v) is 5.33. The topological polar surface area (TPSA) is 77.0 Å². The Hall–Kier alpha value is -4.06. The number of amides is 1. The van der Waals surface area contributed by atoms with Crippen LogP contribution < -0.4 is 10.1 Å². The van der Waals surface area contributed by atoms with Crippen molar-refractivity contribution in [1.29, 1.82) is 0 Å². The van der Waals surface area contributed by atoms with Crippen LogP contribution >= 0.6 is 0 Å². The number of aromatic nitrogens is 3. The smallest absolute Gasteiger partial charge is 0.255 e. The molecule has 6 heteroatoms. The first kappa shape index (κ1) is 18.9. The number of aryl methyl sites for hydroxylation is 1. The fraction of sp³-hybridized carbons (Fsp3) is 0.120. The Morgan fingerprint density at radius 2 is 1.87 bits per heavy atom. The van der Waals surface area contributed by atoms with E-state index in [-0.39, 0.29) is 5.91 Å². The lowest BCUT2D eigenvalue weighted by atomic mass is 10.1. The number of rotatable bonds is 5. The first-order valence-electron chi connectivity index (χ1n) is 10.2. The first-order chi connectivity index (χ1) is 15.3. The summed E-state index contributed by atoms with van der Waals surface area (Å²) in [6.07, 6.45) is 8.01. The van der Waals surface area contributed by atoms with E-state index in [9.17, 15) is 4.79 Å². The molecule has 0 fully saturated rings. The number of benzene rings is 2. The molecule has 5 rings (SSSR count). The molecule has 0 aliphatic heterocycles. The highest BCUT2D eigenvalue weighted by Crippen LogP contribution is 2.31. The molecule has 6 nitrogen and oxygen atoms in total. The van der Waals surface area contributed by atoms with Crippen molar-refractivity contribution in [3.8, 4) is 22.9 Å². The van der Waals surface area contributed by atoms with Gasteiger partial charge in [0.1, 0.15) is 12.1 Å². The van der Waals surface area contributed by atoms with Crippen LogP contribution in [0, 0.1) is 0 Å². The number of carbonyl (C=O) groups is 1. The van der Waals surface area contributed by atoms with Crippen LogP contribution in [0.1, 0.15) is 27.9 Å². The van der Waals surface area contributed by atoms with Crippen molar-refractivity contribution in [2.45, 2.75) is 19.3 Å². The fourth-order valence-electron chi connectivity index (χ4n) is 3.86. The Balaban J connectivity index is 1.38. The van der Waals surface area contributed by atoms with Crippen LogP contribution in [0.3, 0.4) is 0 Å². The van der Waals surface area contributed by atoms with Crippen molar-refractivity contribution in [3.63, 3.8) is 0 Å². The summed E-state index contributed by atoms with van der Waals surface area (Å²) in [5.74, 6) is 0.780. The van der Waals surface area contributed by atoms with Crippen LogP contribution in [0.25, 0.3) is 11.3 Å². The molecule has 2 aromatic carbocycles. The number of hydrogen-bond donors (Lipinski definition) is 1. The van der Waals surface area contributed by atoms with E-state index >= 15 is 0 Å². The number of ether oxygens (including phenoxy) is 1. The average Bonchev–Trinajstić information content (AvgIpc) is 3.30. The minimum Gasteiger partial charge on any atom is -0.438 e. The van der Waals surface area contributed by atoms with Crippen molar-refractivity contribution < 1.29 is 9.53 Å². The number of hydrogen-bond acceptors (Lipinski definition) is 5. The third-order valence-electron chi connectivity index (χ3n) is 5.33. The van der Waals surface area contributed by atoms with E-state index in [0.717, 1.165) is 30.5 Å². The van der Waals surface area contributed by atoms with Crippen LogP contribution in [0.2, 0.25) is 0 Å². The lowest BCUT2D eigenvalue weighted by molar-refractivity contribution is 0.102. The SMILES string of the molecule is O=C(Nc1cccc2c1CCC2)c1cccc(Oc2ncccc2-c2ccncn2)c1. The molecule has 0 saturated heterocycles. The zero-order valence-electron chi connectivity index (χ0n) is 16.8. The molecule has 1 aliphatic carbocycles. The molecule has 2 aromatic heterocycles. The van der Waals surface area contributed by atoms with Crippen LogP contribution in [-0.4, -0.2) is 20.9 Å². The Bertz CT molecular complexity index is 1240. The van der Waals surface area contributed by atoms with Gasteiger partial charge in [-0.15, -0.1) is 0 Å². The molecule has 0 saturated carbocycles. The van der Waals surface area contributed by atoms with Gasteiger partial charge in [-0.25, -0.2) is 15.0 Å². The van der Waals surface area contributed by atoms with Crippen molar-refractivity contribution in [2.24, 2.45) is 0 Å². The summed E-state index contributed by atoms with van der Waals surface area (Å²) in [7, 11) is 0. The van der Waals surface area contributed by atoms with Gasteiger partial charge in [0.05, 0.1) is 11.3 Å². The van der Waals surface area contributed by atoms with E-state index < -0.39 is 0 Å². The van der Waals surface area contributed by atoms with E-state index in [1.165, 1.54) is 17.5 Å². The van der Waals surface area contributed by atoms with Crippen molar-refractivity contribution in [1.82, 2.24) is 15.0 Å². The predicted octanol–water partition coefficient (Wildman–Crippen LogP) is 5.07. The maximum Gasteiger partial charge on any atom is 0.255 e. The summed E-state index contributed by atoms with van der Waals surface area (Å²) in [4.78, 5) is 25.5. The van der Waals surface area contributed by atoms with Gasteiger partial charge in [-0.05, 0) is 72.9 Å². The number of fused-ring (bicyclic) bond motifs is 1. The molecule has 1 N–H and O–H groups in total. The van der Waals surface area contributed by atoms with Gasteiger partial charge in [0.15, 0.2) is 0 Å². The second kappa shape index (κ2) is 8.36. The molecule has 2 heterocycles. The summed E-state index contributed by atoms with van der Waals surface area (Å²) >= 11 is 0. The van der Waals surface area contributed by atoms with E-state index in [0.29, 0.717) is 22.9 Å². The van der Waals surface area contributed by atoms with Gasteiger partial charge in [-0.2, -0.15) is 0 Å². The lowest BCUT2D eigenvalue weighted by Gasteiger charge is -2.12. The summed E-state index contributed by atoms with van der Waals surface area (Å²) < 4.78 is 6.03. The van der Waals surface area contributed by atoms with Crippen molar-refractivity contribution in [3.05, 3.63) is 96.1 Å². The van der Waals surface area contributed by atoms with Crippen LogP contribution in [-0.2, 0) is 12.8 Å². The zero-order chi connectivity index (χ0) is 21.0. The Labute approximate surface area is 180 Å². The second-order valence-corrected chi connectivity index (χ2v) is 7.33. The molecule has 1 amide bonds. The predicted molar refractivity (Wildman–Crippen MR) is 118 cm³/mol. The van der Waals surface area contributed by atoms with E-state index in [4.69, 9.17) is 4.74 Å². The molecule has 0 spiro atoms. The zero-order valence-corrected chi connectivity index (χ0v) is 16.8. The van der Waals surface area contributed by atoms with Crippen LogP contribution in [0.5, 0.6) is 11.6 Å². The highest BCUT2D eigenvalue weighted by atomic mass is 16.5. The maximum absolute atomic E-state index is 12.9. The number of anilines is 1. The van der Waals surface area contributed by atoms with Gasteiger partial charge in [-0.1, -0.05) is 18.2 Å². The number of nitrogens with zero attached hydrogens (tertiary/aromatic N) is 3. The molecule has 4 aromatic rings. The maximum atomic E-state index is 12.9. The van der Waals surface area contributed by atoms with Gasteiger partial charge >= 0.3 is 0 Å². The summed E-state index contributed by atoms with van der Waals surface area (Å²) in [5, 5.41) is 3.06. The fourth-order valence-corrected chi connectivity index (χ4v) is 3.86. The molecule has 1 aliphatic rings. The van der Waals surface area contributed by atoms with Crippen LogP contribution in [0.4, 0.5) is 5.69 Å². The minimum atomic E-state index is -0.164. The number of carbonyl (C=O) groups excluding carboxylic acids is 1. The van der Waals surface area contributed by atoms with E-state index in [1.807, 2.05) is 24.3 Å². The molecule has 152 valence electrons. The molecule has 0 bridgehead atoms. The Kier molecular flexibility index (Phi) is 5.10. The summed E-state index contributed by atoms with van der Waals surface area (Å²) in [5.41, 5.74) is 5.44. The molecule has 31 heavy (non-hydrogen) atoms. The van der Waals surface area contributed by atoms with Crippen molar-refractivity contribution >= 4 is 11.6 Å². The Morgan fingerprint density at radius 3 is 2.77 bits per heavy atom. The first-order valence-corrected chi connectivity index (χ1v) is 10.2. The Morgan fingerprint density at radius 1 is 0.935 bits per heavy atom. The van der Waals surface area contributed by atoms with Crippen LogP contribution in [0.15, 0.2) is 79.4 Å². The standard InChI is InChI=1S/C25H20N4O2/c30-24(29-23-11-3-6-17-5-2-9-20(17)23)18-7-1-8-19(15-18)31-25-21(10-4-13-27-25)22-12-14-26-16-28-22/h1,3-4,6-8,10-16H,2,5,9H2,(H,29,30). The number of pyridine rings is 1. The largest absolute Gasteiger partial charge is 0.438 e. The van der Waals surface area contributed by atoms with Gasteiger partial charge < -0.3 is 10.1 Å².